The molecule has 3 atom stereocenters. The van der Waals surface area contributed by atoms with Crippen molar-refractivity contribution >= 4 is 0 Å². The number of aliphatic hydroxyl groups is 2. The van der Waals surface area contributed by atoms with E-state index in [1.165, 1.54) is 0 Å². The zero-order chi connectivity index (χ0) is 13.3. The van der Waals surface area contributed by atoms with Crippen molar-refractivity contribution in [2.75, 3.05) is 0 Å². The smallest absolute Gasteiger partial charge is 0.286 e. The third-order valence-corrected chi connectivity index (χ3v) is 3.18. The van der Waals surface area contributed by atoms with Gasteiger partial charge in [-0.05, 0) is 25.5 Å². The Labute approximate surface area is 104 Å². The van der Waals surface area contributed by atoms with E-state index in [4.69, 9.17) is 4.74 Å². The van der Waals surface area contributed by atoms with Gasteiger partial charge in [0.15, 0.2) is 6.10 Å². The van der Waals surface area contributed by atoms with Crippen molar-refractivity contribution in [3.8, 4) is 5.75 Å². The lowest BCUT2D eigenvalue weighted by Crippen LogP contribution is -2.55. The van der Waals surface area contributed by atoms with Gasteiger partial charge in [0.1, 0.15) is 11.9 Å². The summed E-state index contributed by atoms with van der Waals surface area (Å²) in [4.78, 5) is 0. The van der Waals surface area contributed by atoms with E-state index in [9.17, 15) is 19.0 Å². The third-order valence-electron chi connectivity index (χ3n) is 3.18. The van der Waals surface area contributed by atoms with Gasteiger partial charge in [0.2, 0.25) is 0 Å². The van der Waals surface area contributed by atoms with Gasteiger partial charge in [-0.1, -0.05) is 17.7 Å². The number of aryl methyl sites for hydroxylation is 1. The highest BCUT2D eigenvalue weighted by Gasteiger charge is 2.52. The molecule has 3 unspecified atom stereocenters. The van der Waals surface area contributed by atoms with Crippen LogP contribution in [-0.4, -0.2) is 34.4 Å². The predicted octanol–water partition coefficient (Wildman–Crippen LogP) is 1.89. The number of hydrogen-bond acceptors (Lipinski definition) is 3. The molecule has 3 nitrogen and oxygen atoms in total. The van der Waals surface area contributed by atoms with Crippen molar-refractivity contribution < 1.29 is 23.7 Å². The van der Waals surface area contributed by atoms with Gasteiger partial charge in [0.05, 0.1) is 6.10 Å². The van der Waals surface area contributed by atoms with Crippen LogP contribution in [0, 0.1) is 6.92 Å². The fraction of sp³-hybridized carbons (Fsp3) is 0.538. The fourth-order valence-corrected chi connectivity index (χ4v) is 2.02. The van der Waals surface area contributed by atoms with E-state index in [1.807, 2.05) is 6.92 Å². The lowest BCUT2D eigenvalue weighted by molar-refractivity contribution is -0.195. The Bertz CT molecular complexity index is 405. The highest BCUT2D eigenvalue weighted by Crippen LogP contribution is 2.36. The van der Waals surface area contributed by atoms with E-state index in [0.29, 0.717) is 0 Å². The normalized spacial score (nSPS) is 31.1. The molecule has 0 bridgehead atoms. The third kappa shape index (κ3) is 2.62. The molecule has 1 aromatic carbocycles. The lowest BCUT2D eigenvalue weighted by atomic mass is 9.88. The monoisotopic (exact) mass is 258 g/mol. The summed E-state index contributed by atoms with van der Waals surface area (Å²) in [5.74, 6) is -2.87. The van der Waals surface area contributed by atoms with Crippen LogP contribution in [0.1, 0.15) is 18.4 Å². The van der Waals surface area contributed by atoms with Gasteiger partial charge >= 0.3 is 0 Å². The second-order valence-electron chi connectivity index (χ2n) is 4.71. The molecule has 0 heterocycles. The van der Waals surface area contributed by atoms with Crippen LogP contribution in [0.25, 0.3) is 0 Å². The van der Waals surface area contributed by atoms with Gasteiger partial charge in [-0.15, -0.1) is 0 Å². The highest BCUT2D eigenvalue weighted by atomic mass is 19.3. The summed E-state index contributed by atoms with van der Waals surface area (Å²) in [6.07, 6.45) is -5.05. The van der Waals surface area contributed by atoms with Gasteiger partial charge < -0.3 is 14.9 Å². The molecule has 18 heavy (non-hydrogen) atoms. The number of benzene rings is 1. The zero-order valence-corrected chi connectivity index (χ0v) is 10.0. The number of hydrogen-bond donors (Lipinski definition) is 2. The Hall–Kier alpha value is -1.20. The van der Waals surface area contributed by atoms with Gasteiger partial charge in [0, 0.05) is 6.42 Å². The minimum absolute atomic E-state index is 0.123. The molecule has 0 saturated heterocycles. The predicted molar refractivity (Wildman–Crippen MR) is 61.8 cm³/mol. The standard InChI is InChI=1S/C13H16F2O3/c1-8-2-4-9(5-3-8)18-12-11(17)10(16)6-7-13(12,14)15/h2-5,10-12,16-17H,6-7H2,1H3. The van der Waals surface area contributed by atoms with Gasteiger partial charge in [0.25, 0.3) is 5.92 Å². The lowest BCUT2D eigenvalue weighted by Gasteiger charge is -2.37. The summed E-state index contributed by atoms with van der Waals surface area (Å²) in [7, 11) is 0. The molecular weight excluding hydrogens is 242 g/mol. The molecule has 1 aromatic rings. The van der Waals surface area contributed by atoms with E-state index >= 15 is 0 Å². The number of rotatable bonds is 2. The number of alkyl halides is 2. The molecule has 0 radical (unpaired) electrons. The molecule has 2 rings (SSSR count). The van der Waals surface area contributed by atoms with Crippen molar-refractivity contribution in [1.82, 2.24) is 0 Å². The summed E-state index contributed by atoms with van der Waals surface area (Å²) in [6.45, 7) is 1.87. The molecule has 0 aliphatic heterocycles. The SMILES string of the molecule is Cc1ccc(OC2C(O)C(O)CCC2(F)F)cc1. The summed E-state index contributed by atoms with van der Waals surface area (Å²) in [5.41, 5.74) is 0.985. The first-order valence-electron chi connectivity index (χ1n) is 5.87. The summed E-state index contributed by atoms with van der Waals surface area (Å²) in [5, 5.41) is 19.1. The Balaban J connectivity index is 2.16. The van der Waals surface area contributed by atoms with Crippen molar-refractivity contribution in [3.05, 3.63) is 29.8 Å². The molecule has 0 amide bonds. The number of halogens is 2. The van der Waals surface area contributed by atoms with Crippen LogP contribution in [0.2, 0.25) is 0 Å². The Morgan fingerprint density at radius 3 is 2.44 bits per heavy atom. The van der Waals surface area contributed by atoms with Crippen LogP contribution in [0.3, 0.4) is 0 Å². The largest absolute Gasteiger partial charge is 0.481 e. The number of aliphatic hydroxyl groups excluding tert-OH is 2. The number of ether oxygens (including phenoxy) is 1. The Kier molecular flexibility index (Phi) is 3.54. The van der Waals surface area contributed by atoms with Crippen molar-refractivity contribution in [2.45, 2.75) is 44.0 Å². The van der Waals surface area contributed by atoms with Crippen LogP contribution in [0.4, 0.5) is 8.78 Å². The minimum Gasteiger partial charge on any atom is -0.481 e. The van der Waals surface area contributed by atoms with Crippen LogP contribution in [0.5, 0.6) is 5.75 Å². The molecule has 1 aliphatic rings. The summed E-state index contributed by atoms with van der Waals surface area (Å²) >= 11 is 0. The molecule has 0 aromatic heterocycles. The Morgan fingerprint density at radius 1 is 1.22 bits per heavy atom. The molecule has 1 aliphatic carbocycles. The fourth-order valence-electron chi connectivity index (χ4n) is 2.02. The van der Waals surface area contributed by atoms with Crippen LogP contribution in [0.15, 0.2) is 24.3 Å². The molecule has 1 fully saturated rings. The first-order chi connectivity index (χ1) is 8.40. The van der Waals surface area contributed by atoms with E-state index in [2.05, 4.69) is 0 Å². The second kappa shape index (κ2) is 4.82. The van der Waals surface area contributed by atoms with Crippen molar-refractivity contribution in [1.29, 1.82) is 0 Å². The average molecular weight is 258 g/mol. The van der Waals surface area contributed by atoms with Crippen LogP contribution in [-0.2, 0) is 0 Å². The first kappa shape index (κ1) is 13.2. The minimum atomic E-state index is -3.14. The molecule has 100 valence electrons. The summed E-state index contributed by atoms with van der Waals surface area (Å²) in [6, 6.07) is 6.61. The Morgan fingerprint density at radius 2 is 1.83 bits per heavy atom. The maximum atomic E-state index is 13.7. The quantitative estimate of drug-likeness (QED) is 0.851. The topological polar surface area (TPSA) is 49.7 Å². The molecular formula is C13H16F2O3. The van der Waals surface area contributed by atoms with E-state index in [1.54, 1.807) is 24.3 Å². The van der Waals surface area contributed by atoms with E-state index < -0.39 is 30.7 Å². The first-order valence-corrected chi connectivity index (χ1v) is 5.87. The molecule has 5 heteroatoms. The molecule has 0 spiro atoms. The van der Waals surface area contributed by atoms with E-state index in [-0.39, 0.29) is 12.2 Å². The van der Waals surface area contributed by atoms with Gasteiger partial charge in [-0.2, -0.15) is 0 Å². The van der Waals surface area contributed by atoms with Crippen LogP contribution < -0.4 is 4.74 Å². The molecule has 1 saturated carbocycles. The van der Waals surface area contributed by atoms with E-state index in [0.717, 1.165) is 5.56 Å². The average Bonchev–Trinajstić information content (AvgIpc) is 2.32. The van der Waals surface area contributed by atoms with Gasteiger partial charge in [-0.3, -0.25) is 0 Å². The highest BCUT2D eigenvalue weighted by molar-refractivity contribution is 5.27. The van der Waals surface area contributed by atoms with Crippen LogP contribution >= 0.6 is 0 Å². The van der Waals surface area contributed by atoms with Crippen molar-refractivity contribution in [3.63, 3.8) is 0 Å². The second-order valence-corrected chi connectivity index (χ2v) is 4.71. The van der Waals surface area contributed by atoms with Gasteiger partial charge in [-0.25, -0.2) is 8.78 Å². The van der Waals surface area contributed by atoms with Crippen molar-refractivity contribution in [2.24, 2.45) is 0 Å². The maximum absolute atomic E-state index is 13.7. The molecule has 2 N–H and O–H groups in total. The summed E-state index contributed by atoms with van der Waals surface area (Å²) < 4.78 is 32.5. The zero-order valence-electron chi connectivity index (χ0n) is 10.0. The maximum Gasteiger partial charge on any atom is 0.286 e.